The molecule has 1 N–H and O–H groups in total. The number of nitrogens with one attached hydrogen (secondary N) is 1. The Labute approximate surface area is 205 Å². The average molecular weight is 500 g/mol. The van der Waals surface area contributed by atoms with Crippen molar-refractivity contribution < 1.29 is 32.2 Å². The Bertz CT molecular complexity index is 1250. The van der Waals surface area contributed by atoms with E-state index >= 15 is 0 Å². The fourth-order valence-electron chi connectivity index (χ4n) is 3.70. The summed E-state index contributed by atoms with van der Waals surface area (Å²) in [5.41, 5.74) is 1.72. The van der Waals surface area contributed by atoms with Crippen LogP contribution in [0.5, 0.6) is 5.88 Å². The lowest BCUT2D eigenvalue weighted by molar-refractivity contribution is -0.142. The van der Waals surface area contributed by atoms with E-state index in [1.807, 2.05) is 29.2 Å². The predicted molar refractivity (Wildman–Crippen MR) is 124 cm³/mol. The standard InChI is InChI=1S/C25H23F3N4O4/c1-2-35-21(33)14-29-22(34)19-13-30-24(32-12-11-17-5-3-4-6-20(17)32)31-23(19)36-15-16-7-9-18(10-8-16)25(26,27)28/h3-10,13H,2,11-12,14-15H2,1H3,(H,29,34). The molecule has 0 spiro atoms. The molecule has 1 aromatic heterocycles. The summed E-state index contributed by atoms with van der Waals surface area (Å²) < 4.78 is 49.2. The molecule has 3 aromatic rings. The van der Waals surface area contributed by atoms with Gasteiger partial charge in [-0.15, -0.1) is 0 Å². The number of halogens is 3. The monoisotopic (exact) mass is 500 g/mol. The average Bonchev–Trinajstić information content (AvgIpc) is 3.30. The summed E-state index contributed by atoms with van der Waals surface area (Å²) in [6, 6.07) is 12.3. The largest absolute Gasteiger partial charge is 0.472 e. The summed E-state index contributed by atoms with van der Waals surface area (Å²) in [7, 11) is 0. The minimum absolute atomic E-state index is 0.0255. The first-order valence-corrected chi connectivity index (χ1v) is 11.2. The zero-order valence-corrected chi connectivity index (χ0v) is 19.3. The van der Waals surface area contributed by atoms with Crippen molar-refractivity contribution in [3.63, 3.8) is 0 Å². The highest BCUT2D eigenvalue weighted by Gasteiger charge is 2.30. The van der Waals surface area contributed by atoms with Gasteiger partial charge in [0.05, 0.1) is 12.2 Å². The van der Waals surface area contributed by atoms with Crippen LogP contribution in [-0.2, 0) is 28.7 Å². The molecule has 2 aromatic carbocycles. The molecule has 0 saturated heterocycles. The van der Waals surface area contributed by atoms with E-state index < -0.39 is 23.6 Å². The first kappa shape index (κ1) is 25.0. The molecule has 1 aliphatic heterocycles. The number of rotatable bonds is 8. The number of hydrogen-bond acceptors (Lipinski definition) is 7. The molecular weight excluding hydrogens is 477 g/mol. The van der Waals surface area contributed by atoms with Crippen molar-refractivity contribution in [3.05, 3.63) is 77.0 Å². The smallest absolute Gasteiger partial charge is 0.416 e. The Kier molecular flexibility index (Phi) is 7.37. The second-order valence-electron chi connectivity index (χ2n) is 7.89. The Morgan fingerprint density at radius 3 is 2.58 bits per heavy atom. The van der Waals surface area contributed by atoms with Crippen molar-refractivity contribution in [1.82, 2.24) is 15.3 Å². The number of amides is 1. The summed E-state index contributed by atoms with van der Waals surface area (Å²) in [6.07, 6.45) is -2.36. The molecule has 36 heavy (non-hydrogen) atoms. The fraction of sp³-hybridized carbons (Fsp3) is 0.280. The molecular formula is C25H23F3N4O4. The molecule has 11 heteroatoms. The van der Waals surface area contributed by atoms with Crippen LogP contribution in [-0.4, -0.2) is 41.5 Å². The lowest BCUT2D eigenvalue weighted by atomic mass is 10.1. The number of anilines is 2. The van der Waals surface area contributed by atoms with Gasteiger partial charge in [-0.25, -0.2) is 4.98 Å². The third kappa shape index (κ3) is 5.73. The Hall–Kier alpha value is -4.15. The van der Waals surface area contributed by atoms with Gasteiger partial charge in [0.25, 0.3) is 5.91 Å². The second kappa shape index (κ2) is 10.6. The van der Waals surface area contributed by atoms with Gasteiger partial charge in [0.2, 0.25) is 11.8 Å². The molecule has 0 bridgehead atoms. The number of carbonyl (C=O) groups excluding carboxylic acids is 2. The van der Waals surface area contributed by atoms with Crippen LogP contribution in [0.4, 0.5) is 24.8 Å². The molecule has 1 aliphatic rings. The van der Waals surface area contributed by atoms with E-state index in [4.69, 9.17) is 9.47 Å². The Morgan fingerprint density at radius 1 is 1.11 bits per heavy atom. The minimum Gasteiger partial charge on any atom is -0.472 e. The van der Waals surface area contributed by atoms with Gasteiger partial charge in [0.1, 0.15) is 18.7 Å². The summed E-state index contributed by atoms with van der Waals surface area (Å²) in [6.45, 7) is 1.96. The molecule has 0 aliphatic carbocycles. The summed E-state index contributed by atoms with van der Waals surface area (Å²) >= 11 is 0. The summed E-state index contributed by atoms with van der Waals surface area (Å²) in [4.78, 5) is 35.1. The molecule has 0 radical (unpaired) electrons. The van der Waals surface area contributed by atoms with Gasteiger partial charge in [0, 0.05) is 18.4 Å². The van der Waals surface area contributed by atoms with Crippen molar-refractivity contribution in [2.75, 3.05) is 24.6 Å². The highest BCUT2D eigenvalue weighted by molar-refractivity contribution is 5.97. The minimum atomic E-state index is -4.45. The van der Waals surface area contributed by atoms with Gasteiger partial charge in [-0.1, -0.05) is 30.3 Å². The number of alkyl halides is 3. The summed E-state index contributed by atoms with van der Waals surface area (Å²) in [5, 5.41) is 2.44. The van der Waals surface area contributed by atoms with Crippen LogP contribution in [0, 0.1) is 0 Å². The van der Waals surface area contributed by atoms with Crippen molar-refractivity contribution in [2.24, 2.45) is 0 Å². The topological polar surface area (TPSA) is 93.6 Å². The van der Waals surface area contributed by atoms with E-state index in [1.54, 1.807) is 6.92 Å². The normalized spacial score (nSPS) is 12.7. The zero-order chi connectivity index (χ0) is 25.7. The van der Waals surface area contributed by atoms with Gasteiger partial charge < -0.3 is 19.7 Å². The van der Waals surface area contributed by atoms with Gasteiger partial charge in [0.15, 0.2) is 0 Å². The first-order chi connectivity index (χ1) is 17.3. The number of ether oxygens (including phenoxy) is 2. The van der Waals surface area contributed by atoms with Gasteiger partial charge >= 0.3 is 12.1 Å². The van der Waals surface area contributed by atoms with Crippen LogP contribution < -0.4 is 15.0 Å². The third-order valence-corrected chi connectivity index (χ3v) is 5.47. The van der Waals surface area contributed by atoms with Crippen LogP contribution >= 0.6 is 0 Å². The molecule has 0 atom stereocenters. The van der Waals surface area contributed by atoms with E-state index in [0.29, 0.717) is 18.1 Å². The van der Waals surface area contributed by atoms with Crippen LogP contribution in [0.25, 0.3) is 0 Å². The van der Waals surface area contributed by atoms with E-state index in [2.05, 4.69) is 15.3 Å². The Balaban J connectivity index is 1.58. The number of para-hydroxylation sites is 1. The molecule has 0 unspecified atom stereocenters. The lowest BCUT2D eigenvalue weighted by Gasteiger charge is -2.19. The van der Waals surface area contributed by atoms with Gasteiger partial charge in [-0.05, 0) is 42.7 Å². The fourth-order valence-corrected chi connectivity index (χ4v) is 3.70. The van der Waals surface area contributed by atoms with Crippen molar-refractivity contribution >= 4 is 23.5 Å². The lowest BCUT2D eigenvalue weighted by Crippen LogP contribution is -2.31. The number of aromatic nitrogens is 2. The maximum atomic E-state index is 12.9. The third-order valence-electron chi connectivity index (χ3n) is 5.47. The predicted octanol–water partition coefficient (Wildman–Crippen LogP) is 4.06. The van der Waals surface area contributed by atoms with E-state index in [9.17, 15) is 22.8 Å². The van der Waals surface area contributed by atoms with E-state index in [0.717, 1.165) is 29.8 Å². The van der Waals surface area contributed by atoms with E-state index in [1.165, 1.54) is 18.3 Å². The summed E-state index contributed by atoms with van der Waals surface area (Å²) in [5.74, 6) is -1.02. The molecule has 4 rings (SSSR count). The van der Waals surface area contributed by atoms with Crippen LogP contribution in [0.15, 0.2) is 54.7 Å². The van der Waals surface area contributed by atoms with Crippen molar-refractivity contribution in [3.8, 4) is 5.88 Å². The number of benzene rings is 2. The quantitative estimate of drug-likeness (QED) is 0.466. The van der Waals surface area contributed by atoms with Gasteiger partial charge in [-0.2, -0.15) is 18.2 Å². The SMILES string of the molecule is CCOC(=O)CNC(=O)c1cnc(N2CCc3ccccc32)nc1OCc1ccc(C(F)(F)F)cc1. The number of esters is 1. The molecule has 2 heterocycles. The number of carbonyl (C=O) groups is 2. The van der Waals surface area contributed by atoms with Crippen LogP contribution in [0.3, 0.4) is 0 Å². The number of hydrogen-bond donors (Lipinski definition) is 1. The highest BCUT2D eigenvalue weighted by Crippen LogP contribution is 2.33. The molecule has 1 amide bonds. The first-order valence-electron chi connectivity index (χ1n) is 11.2. The Morgan fingerprint density at radius 2 is 1.86 bits per heavy atom. The molecule has 188 valence electrons. The number of fused-ring (bicyclic) bond motifs is 1. The number of nitrogens with zero attached hydrogens (tertiary/aromatic N) is 3. The van der Waals surface area contributed by atoms with Gasteiger partial charge in [-0.3, -0.25) is 9.59 Å². The van der Waals surface area contributed by atoms with Crippen molar-refractivity contribution in [2.45, 2.75) is 26.1 Å². The second-order valence-corrected chi connectivity index (χ2v) is 7.89. The zero-order valence-electron chi connectivity index (χ0n) is 19.3. The van der Waals surface area contributed by atoms with E-state index in [-0.39, 0.29) is 31.2 Å². The molecule has 8 nitrogen and oxygen atoms in total. The molecule has 0 fully saturated rings. The van der Waals surface area contributed by atoms with Crippen LogP contribution in [0.2, 0.25) is 0 Å². The highest BCUT2D eigenvalue weighted by atomic mass is 19.4. The maximum absolute atomic E-state index is 12.9. The van der Waals surface area contributed by atoms with Crippen molar-refractivity contribution in [1.29, 1.82) is 0 Å². The maximum Gasteiger partial charge on any atom is 0.416 e. The molecule has 0 saturated carbocycles. The van der Waals surface area contributed by atoms with Crippen LogP contribution in [0.1, 0.15) is 34.0 Å².